The monoisotopic (exact) mass is 451 g/mol. The fourth-order valence-corrected chi connectivity index (χ4v) is 2.78. The van der Waals surface area contributed by atoms with Crippen molar-refractivity contribution in [2.45, 2.75) is 6.18 Å². The molecular weight excluding hydrogens is 438 g/mol. The highest BCUT2D eigenvalue weighted by Gasteiger charge is 2.35. The van der Waals surface area contributed by atoms with E-state index in [-0.39, 0.29) is 27.2 Å². The van der Waals surface area contributed by atoms with Crippen molar-refractivity contribution in [2.24, 2.45) is 12.2 Å². The minimum absolute atomic E-state index is 0.00733. The minimum Gasteiger partial charge on any atom is -0.478 e. The van der Waals surface area contributed by atoms with Crippen molar-refractivity contribution in [3.05, 3.63) is 66.4 Å². The fraction of sp³-hybridized carbons (Fsp3) is 0.235. The molecule has 1 heterocycles. The fourth-order valence-electron chi connectivity index (χ4n) is 2.38. The number of aromatic nitrogens is 2. The van der Waals surface area contributed by atoms with Gasteiger partial charge in [-0.15, -0.1) is 0 Å². The lowest BCUT2D eigenvalue weighted by molar-refractivity contribution is -0.144. The van der Waals surface area contributed by atoms with E-state index in [1.807, 2.05) is 0 Å². The van der Waals surface area contributed by atoms with Gasteiger partial charge in [0.05, 0.1) is 12.8 Å². The number of halogens is 5. The highest BCUT2D eigenvalue weighted by atomic mass is 35.5. The van der Waals surface area contributed by atoms with Crippen LogP contribution in [0.5, 0.6) is 0 Å². The van der Waals surface area contributed by atoms with Gasteiger partial charge in [-0.05, 0) is 35.0 Å². The average molecular weight is 452 g/mol. The zero-order chi connectivity index (χ0) is 21.9. The summed E-state index contributed by atoms with van der Waals surface area (Å²) < 4.78 is 44.8. The Labute approximate surface area is 172 Å². The largest absolute Gasteiger partial charge is 0.478 e. The van der Waals surface area contributed by atoms with Gasteiger partial charge in [-0.3, -0.25) is 9.36 Å². The van der Waals surface area contributed by atoms with Gasteiger partial charge in [-0.25, -0.2) is 9.36 Å². The molecule has 29 heavy (non-hydrogen) atoms. The van der Waals surface area contributed by atoms with Crippen LogP contribution in [-0.4, -0.2) is 29.3 Å². The molecule has 1 aromatic heterocycles. The van der Waals surface area contributed by atoms with Gasteiger partial charge in [0.1, 0.15) is 17.8 Å². The van der Waals surface area contributed by atoms with E-state index >= 15 is 0 Å². The van der Waals surface area contributed by atoms with Crippen LogP contribution in [0.2, 0.25) is 5.02 Å². The number of nitrogens with zero attached hydrogens (tertiary/aromatic N) is 3. The third-order valence-corrected chi connectivity index (χ3v) is 4.32. The normalized spacial score (nSPS) is 12.8. The zero-order valence-corrected chi connectivity index (χ0v) is 16.8. The highest BCUT2D eigenvalue weighted by Crippen LogP contribution is 2.27. The Morgan fingerprint density at radius 1 is 1.21 bits per heavy atom. The Balaban J connectivity index is 2.67. The van der Waals surface area contributed by atoms with Gasteiger partial charge in [0.25, 0.3) is 11.5 Å². The lowest BCUT2D eigenvalue weighted by atomic mass is 10.1. The lowest BCUT2D eigenvalue weighted by Gasteiger charge is -2.14. The molecule has 156 valence electrons. The number of benzene rings is 1. The van der Waals surface area contributed by atoms with Crippen LogP contribution in [0.1, 0.15) is 11.3 Å². The Kier molecular flexibility index (Phi) is 6.81. The van der Waals surface area contributed by atoms with E-state index in [0.29, 0.717) is 15.2 Å². The molecule has 2 rings (SSSR count). The topological polar surface area (TPSA) is 74.8 Å². The van der Waals surface area contributed by atoms with Crippen molar-refractivity contribution in [1.82, 2.24) is 9.13 Å². The molecule has 0 saturated heterocycles. The summed E-state index contributed by atoms with van der Waals surface area (Å²) in [7, 11) is 3.50. The van der Waals surface area contributed by atoms with Crippen molar-refractivity contribution in [2.75, 3.05) is 14.2 Å². The maximum atomic E-state index is 13.0. The van der Waals surface area contributed by atoms with Crippen molar-refractivity contribution < 1.29 is 22.7 Å². The molecule has 0 saturated carbocycles. The Morgan fingerprint density at radius 3 is 2.41 bits per heavy atom. The molecule has 0 fully saturated rings. The molecule has 7 nitrogen and oxygen atoms in total. The number of methoxy groups -OCH3 is 1. The Bertz CT molecular complexity index is 1100. The summed E-state index contributed by atoms with van der Waals surface area (Å²) in [5.41, 5.74) is -3.44. The van der Waals surface area contributed by atoms with E-state index in [1.165, 1.54) is 38.5 Å². The van der Waals surface area contributed by atoms with Gasteiger partial charge in [0, 0.05) is 18.1 Å². The molecule has 0 aliphatic rings. The van der Waals surface area contributed by atoms with Gasteiger partial charge in [-0.1, -0.05) is 23.2 Å². The molecule has 0 spiro atoms. The van der Waals surface area contributed by atoms with Crippen molar-refractivity contribution in [3.63, 3.8) is 0 Å². The first-order chi connectivity index (χ1) is 13.5. The van der Waals surface area contributed by atoms with Crippen LogP contribution < -0.4 is 11.2 Å². The van der Waals surface area contributed by atoms with Crippen molar-refractivity contribution in [1.29, 1.82) is 0 Å². The minimum atomic E-state index is -4.86. The van der Waals surface area contributed by atoms with Crippen LogP contribution in [0.25, 0.3) is 11.8 Å². The van der Waals surface area contributed by atoms with E-state index in [2.05, 4.69) is 9.99 Å². The summed E-state index contributed by atoms with van der Waals surface area (Å²) in [5, 5.41) is 3.74. The second kappa shape index (κ2) is 8.75. The van der Waals surface area contributed by atoms with Gasteiger partial charge in [-0.2, -0.15) is 13.2 Å². The predicted octanol–water partition coefficient (Wildman–Crippen LogP) is 3.39. The number of oxime groups is 1. The van der Waals surface area contributed by atoms with Crippen LogP contribution in [0, 0.1) is 0 Å². The van der Waals surface area contributed by atoms with E-state index in [4.69, 9.17) is 27.9 Å². The maximum Gasteiger partial charge on any atom is 0.431 e. The molecule has 1 aromatic carbocycles. The van der Waals surface area contributed by atoms with Gasteiger partial charge in [0.2, 0.25) is 0 Å². The molecule has 0 aliphatic carbocycles. The molecule has 0 atom stereocenters. The molecular formula is C17H14Cl2F3N3O4. The third kappa shape index (κ3) is 4.83. The van der Waals surface area contributed by atoms with Crippen molar-refractivity contribution in [3.8, 4) is 5.69 Å². The molecule has 0 N–H and O–H groups in total. The van der Waals surface area contributed by atoms with Crippen LogP contribution in [0.3, 0.4) is 0 Å². The summed E-state index contributed by atoms with van der Waals surface area (Å²) in [6.45, 7) is 0. The zero-order valence-electron chi connectivity index (χ0n) is 15.3. The number of hydrogen-bond donors (Lipinski definition) is 0. The smallest absolute Gasteiger partial charge is 0.431 e. The molecule has 0 aliphatic heterocycles. The summed E-state index contributed by atoms with van der Waals surface area (Å²) in [5.74, 6) is -0.0711. The van der Waals surface area contributed by atoms with E-state index in [0.717, 1.165) is 7.05 Å². The quantitative estimate of drug-likeness (QED) is 0.405. The first-order valence-electron chi connectivity index (χ1n) is 7.74. The van der Waals surface area contributed by atoms with E-state index in [9.17, 15) is 22.8 Å². The van der Waals surface area contributed by atoms with E-state index < -0.39 is 23.1 Å². The summed E-state index contributed by atoms with van der Waals surface area (Å²) in [6.07, 6.45) is -3.53. The van der Waals surface area contributed by atoms with Crippen LogP contribution in [-0.2, 0) is 22.8 Å². The SMILES string of the molecule is CON=C(OC)C(Cl)=Cc1cc(-n2c(=O)cc(C(F)(F)F)n(C)c2=O)ccc1Cl. The molecule has 0 amide bonds. The van der Waals surface area contributed by atoms with Crippen LogP contribution in [0.4, 0.5) is 13.2 Å². The third-order valence-electron chi connectivity index (χ3n) is 3.70. The van der Waals surface area contributed by atoms with Crippen LogP contribution in [0.15, 0.2) is 44.0 Å². The molecule has 0 bridgehead atoms. The first kappa shape index (κ1) is 22.6. The average Bonchev–Trinajstić information content (AvgIpc) is 2.64. The van der Waals surface area contributed by atoms with Gasteiger partial charge in [0.15, 0.2) is 0 Å². The standard InChI is InChI=1S/C17H14Cl2F3N3O4/c1-24-13(17(20,21)22)8-14(26)25(16(24)27)10-4-5-11(18)9(6-10)7-12(19)15(28-2)23-29-3/h4-8H,1-3H3. The second-order valence-electron chi connectivity index (χ2n) is 5.52. The number of alkyl halides is 3. The summed E-state index contributed by atoms with van der Waals surface area (Å²) in [4.78, 5) is 29.2. The number of rotatable bonds is 4. The lowest BCUT2D eigenvalue weighted by Crippen LogP contribution is -2.40. The molecule has 12 heteroatoms. The molecule has 2 aromatic rings. The van der Waals surface area contributed by atoms with Crippen molar-refractivity contribution >= 4 is 35.2 Å². The van der Waals surface area contributed by atoms with Gasteiger partial charge >= 0.3 is 11.9 Å². The van der Waals surface area contributed by atoms with Gasteiger partial charge < -0.3 is 9.57 Å². The molecule has 0 radical (unpaired) electrons. The maximum absolute atomic E-state index is 13.0. The summed E-state index contributed by atoms with van der Waals surface area (Å²) in [6, 6.07) is 4.31. The predicted molar refractivity (Wildman–Crippen MR) is 103 cm³/mol. The number of ether oxygens (including phenoxy) is 1. The van der Waals surface area contributed by atoms with Crippen LogP contribution >= 0.6 is 23.2 Å². The number of hydrogen-bond acceptors (Lipinski definition) is 5. The summed E-state index contributed by atoms with van der Waals surface area (Å²) >= 11 is 12.2. The first-order valence-corrected chi connectivity index (χ1v) is 8.49. The second-order valence-corrected chi connectivity index (χ2v) is 6.34. The van der Waals surface area contributed by atoms with E-state index in [1.54, 1.807) is 0 Å². The Hall–Kier alpha value is -2.72. The highest BCUT2D eigenvalue weighted by molar-refractivity contribution is 6.44. The molecule has 0 unspecified atom stereocenters. The Morgan fingerprint density at radius 2 is 1.86 bits per heavy atom.